The van der Waals surface area contributed by atoms with Crippen molar-refractivity contribution in [1.82, 2.24) is 4.90 Å². The zero-order valence-electron chi connectivity index (χ0n) is 12.1. The van der Waals surface area contributed by atoms with Crippen molar-refractivity contribution < 1.29 is 14.3 Å². The molecule has 1 amide bonds. The smallest absolute Gasteiger partial charge is 0.310 e. The molecule has 110 valence electrons. The molecule has 0 radical (unpaired) electrons. The number of carbonyl (C=O) groups is 2. The van der Waals surface area contributed by atoms with Gasteiger partial charge >= 0.3 is 5.97 Å². The number of benzene rings is 1. The van der Waals surface area contributed by atoms with Crippen LogP contribution in [0, 0.1) is 5.92 Å². The molecule has 1 atom stereocenters. The van der Waals surface area contributed by atoms with Crippen LogP contribution in [0.5, 0.6) is 0 Å². The van der Waals surface area contributed by atoms with Crippen LogP contribution in [0.3, 0.4) is 0 Å². The molecule has 0 spiro atoms. The molecule has 0 saturated heterocycles. The second-order valence-corrected chi connectivity index (χ2v) is 5.12. The minimum Gasteiger partial charge on any atom is -0.469 e. The first-order chi connectivity index (χ1) is 9.49. The summed E-state index contributed by atoms with van der Waals surface area (Å²) in [6.45, 7) is 4.67. The molecular formula is C15H20ClNO3. The van der Waals surface area contributed by atoms with Crippen LogP contribution in [0.1, 0.15) is 30.6 Å². The van der Waals surface area contributed by atoms with Gasteiger partial charge in [-0.2, -0.15) is 0 Å². The monoisotopic (exact) mass is 297 g/mol. The summed E-state index contributed by atoms with van der Waals surface area (Å²) in [6, 6.07) is 6.82. The number of ether oxygens (including phenoxy) is 1. The second kappa shape index (κ2) is 7.90. The lowest BCUT2D eigenvalue weighted by molar-refractivity contribution is -0.145. The van der Waals surface area contributed by atoms with Gasteiger partial charge in [-0.05, 0) is 24.6 Å². The third-order valence-corrected chi connectivity index (χ3v) is 3.19. The number of methoxy groups -OCH3 is 1. The Hall–Kier alpha value is -1.55. The Labute approximate surface area is 124 Å². The van der Waals surface area contributed by atoms with E-state index in [0.717, 1.165) is 6.42 Å². The Morgan fingerprint density at radius 1 is 1.40 bits per heavy atom. The van der Waals surface area contributed by atoms with Crippen LogP contribution in [0.2, 0.25) is 5.02 Å². The number of halogens is 1. The van der Waals surface area contributed by atoms with Crippen molar-refractivity contribution in [3.05, 3.63) is 34.9 Å². The van der Waals surface area contributed by atoms with Gasteiger partial charge in [-0.15, -0.1) is 0 Å². The minimum absolute atomic E-state index is 0.120. The van der Waals surface area contributed by atoms with Gasteiger partial charge in [0.2, 0.25) is 0 Å². The van der Waals surface area contributed by atoms with E-state index in [-0.39, 0.29) is 17.8 Å². The maximum absolute atomic E-state index is 12.4. The van der Waals surface area contributed by atoms with E-state index in [9.17, 15) is 9.59 Å². The largest absolute Gasteiger partial charge is 0.469 e. The molecule has 1 aromatic carbocycles. The molecule has 1 unspecified atom stereocenters. The van der Waals surface area contributed by atoms with Crippen LogP contribution < -0.4 is 0 Å². The van der Waals surface area contributed by atoms with E-state index in [0.29, 0.717) is 23.7 Å². The predicted molar refractivity (Wildman–Crippen MR) is 78.8 cm³/mol. The van der Waals surface area contributed by atoms with Crippen molar-refractivity contribution >= 4 is 23.5 Å². The van der Waals surface area contributed by atoms with E-state index < -0.39 is 0 Å². The van der Waals surface area contributed by atoms with Crippen molar-refractivity contribution in [2.45, 2.75) is 20.3 Å². The van der Waals surface area contributed by atoms with E-state index >= 15 is 0 Å². The van der Waals surface area contributed by atoms with Gasteiger partial charge in [0.15, 0.2) is 0 Å². The third-order valence-electron chi connectivity index (χ3n) is 2.95. The number of carbonyl (C=O) groups excluding carboxylic acids is 2. The summed E-state index contributed by atoms with van der Waals surface area (Å²) in [4.78, 5) is 25.6. The van der Waals surface area contributed by atoms with Crippen LogP contribution in [-0.4, -0.2) is 37.0 Å². The Morgan fingerprint density at radius 3 is 2.65 bits per heavy atom. The molecule has 5 heteroatoms. The highest BCUT2D eigenvalue weighted by atomic mass is 35.5. The Kier molecular flexibility index (Phi) is 6.52. The Balaban J connectivity index is 2.84. The second-order valence-electron chi connectivity index (χ2n) is 4.69. The van der Waals surface area contributed by atoms with Crippen molar-refractivity contribution in [1.29, 1.82) is 0 Å². The first-order valence-corrected chi connectivity index (χ1v) is 7.00. The molecule has 20 heavy (non-hydrogen) atoms. The fourth-order valence-electron chi connectivity index (χ4n) is 1.96. The van der Waals surface area contributed by atoms with Gasteiger partial charge in [-0.3, -0.25) is 9.59 Å². The molecule has 0 aliphatic heterocycles. The van der Waals surface area contributed by atoms with E-state index in [1.165, 1.54) is 7.11 Å². The lowest BCUT2D eigenvalue weighted by Gasteiger charge is -2.24. The normalized spacial score (nSPS) is 11.8. The quantitative estimate of drug-likeness (QED) is 0.758. The summed E-state index contributed by atoms with van der Waals surface area (Å²) in [5.41, 5.74) is 0.531. The fraction of sp³-hybridized carbons (Fsp3) is 0.467. The zero-order chi connectivity index (χ0) is 15.1. The summed E-state index contributed by atoms with van der Waals surface area (Å²) < 4.78 is 4.70. The highest BCUT2D eigenvalue weighted by molar-refractivity contribution is 6.30. The number of esters is 1. The number of nitrogens with zero attached hydrogens (tertiary/aromatic N) is 1. The van der Waals surface area contributed by atoms with Gasteiger partial charge in [-0.25, -0.2) is 0 Å². The molecule has 0 aliphatic carbocycles. The van der Waals surface area contributed by atoms with Crippen molar-refractivity contribution in [2.75, 3.05) is 20.2 Å². The van der Waals surface area contributed by atoms with Crippen LogP contribution >= 0.6 is 11.6 Å². The summed E-state index contributed by atoms with van der Waals surface area (Å²) in [7, 11) is 1.35. The highest BCUT2D eigenvalue weighted by Gasteiger charge is 2.22. The van der Waals surface area contributed by atoms with Crippen LogP contribution in [0.4, 0.5) is 0 Å². The molecule has 0 aromatic heterocycles. The maximum atomic E-state index is 12.4. The first kappa shape index (κ1) is 16.5. The van der Waals surface area contributed by atoms with E-state index in [1.807, 2.05) is 6.92 Å². The van der Waals surface area contributed by atoms with Gasteiger partial charge in [0.1, 0.15) is 0 Å². The third kappa shape index (κ3) is 4.53. The summed E-state index contributed by atoms with van der Waals surface area (Å²) in [6.07, 6.45) is 0.820. The molecule has 0 saturated carbocycles. The fourth-order valence-corrected chi connectivity index (χ4v) is 2.15. The Morgan fingerprint density at radius 2 is 2.10 bits per heavy atom. The standard InChI is InChI=1S/C15H20ClNO3/c1-4-8-17(10-11(2)15(19)20-3)14(18)12-6-5-7-13(16)9-12/h5-7,9,11H,4,8,10H2,1-3H3. The lowest BCUT2D eigenvalue weighted by Crippen LogP contribution is -2.37. The molecule has 0 N–H and O–H groups in total. The van der Waals surface area contributed by atoms with E-state index in [2.05, 4.69) is 0 Å². The zero-order valence-corrected chi connectivity index (χ0v) is 12.8. The SMILES string of the molecule is CCCN(CC(C)C(=O)OC)C(=O)c1cccc(Cl)c1. The van der Waals surface area contributed by atoms with Crippen LogP contribution in [-0.2, 0) is 9.53 Å². The van der Waals surface area contributed by atoms with Crippen molar-refractivity contribution in [3.8, 4) is 0 Å². The maximum Gasteiger partial charge on any atom is 0.310 e. The Bertz CT molecular complexity index is 476. The van der Waals surface area contributed by atoms with E-state index in [1.54, 1.807) is 36.1 Å². The first-order valence-electron chi connectivity index (χ1n) is 6.62. The topological polar surface area (TPSA) is 46.6 Å². The molecule has 0 bridgehead atoms. The molecule has 1 aromatic rings. The number of amides is 1. The molecule has 0 fully saturated rings. The molecule has 0 aliphatic rings. The summed E-state index contributed by atoms with van der Waals surface area (Å²) >= 11 is 5.90. The van der Waals surface area contributed by atoms with Crippen LogP contribution in [0.25, 0.3) is 0 Å². The highest BCUT2D eigenvalue weighted by Crippen LogP contribution is 2.14. The van der Waals surface area contributed by atoms with Crippen molar-refractivity contribution in [3.63, 3.8) is 0 Å². The van der Waals surface area contributed by atoms with Gasteiger partial charge < -0.3 is 9.64 Å². The molecule has 0 heterocycles. The predicted octanol–water partition coefficient (Wildman–Crippen LogP) is 3.00. The number of hydrogen-bond acceptors (Lipinski definition) is 3. The van der Waals surface area contributed by atoms with E-state index in [4.69, 9.17) is 16.3 Å². The van der Waals surface area contributed by atoms with Crippen LogP contribution in [0.15, 0.2) is 24.3 Å². The number of rotatable bonds is 6. The van der Waals surface area contributed by atoms with Crippen molar-refractivity contribution in [2.24, 2.45) is 5.92 Å². The molecular weight excluding hydrogens is 278 g/mol. The van der Waals surface area contributed by atoms with Gasteiger partial charge in [-0.1, -0.05) is 31.5 Å². The lowest BCUT2D eigenvalue weighted by atomic mass is 10.1. The van der Waals surface area contributed by atoms with Gasteiger partial charge in [0.25, 0.3) is 5.91 Å². The minimum atomic E-state index is -0.352. The molecule has 4 nitrogen and oxygen atoms in total. The van der Waals surface area contributed by atoms with Gasteiger partial charge in [0.05, 0.1) is 13.0 Å². The molecule has 1 rings (SSSR count). The van der Waals surface area contributed by atoms with Gasteiger partial charge in [0, 0.05) is 23.7 Å². The number of hydrogen-bond donors (Lipinski definition) is 0. The summed E-state index contributed by atoms with van der Waals surface area (Å²) in [5.74, 6) is -0.787. The average molecular weight is 298 g/mol. The summed E-state index contributed by atoms with van der Waals surface area (Å²) in [5, 5.41) is 0.522. The average Bonchev–Trinajstić information content (AvgIpc) is 2.45.